The number of hydrogen-bond acceptors (Lipinski definition) is 2. The van der Waals surface area contributed by atoms with Gasteiger partial charge in [0.15, 0.2) is 6.29 Å². The molecule has 0 spiro atoms. The molecule has 1 aliphatic carbocycles. The van der Waals surface area contributed by atoms with Gasteiger partial charge in [0.25, 0.3) is 0 Å². The molecule has 0 unspecified atom stereocenters. The molecule has 3 rings (SSSR count). The number of rotatable bonds is 3. The Hall–Kier alpha value is -1.56. The molecule has 0 N–H and O–H groups in total. The molecule has 2 nitrogen and oxygen atoms in total. The smallest absolute Gasteiger partial charge is 0.183 e. The first-order valence-corrected chi connectivity index (χ1v) is 9.19. The van der Waals surface area contributed by atoms with E-state index in [4.69, 9.17) is 9.47 Å². The summed E-state index contributed by atoms with van der Waals surface area (Å²) in [6, 6.07) is 8.19. The second kappa shape index (κ2) is 8.51. The topological polar surface area (TPSA) is 18.5 Å². The summed E-state index contributed by atoms with van der Waals surface area (Å²) >= 11 is 0. The third kappa shape index (κ3) is 4.29. The van der Waals surface area contributed by atoms with Gasteiger partial charge in [0.2, 0.25) is 0 Å². The van der Waals surface area contributed by atoms with Crippen molar-refractivity contribution in [2.45, 2.75) is 45.8 Å². The van der Waals surface area contributed by atoms with Crippen LogP contribution < -0.4 is 0 Å². The quantitative estimate of drug-likeness (QED) is 0.569. The van der Waals surface area contributed by atoms with E-state index in [9.17, 15) is 0 Å². The zero-order chi connectivity index (χ0) is 16.8. The van der Waals surface area contributed by atoms with E-state index in [1.165, 1.54) is 25.7 Å². The fourth-order valence-corrected chi connectivity index (χ4v) is 3.93. The molecule has 2 aliphatic rings. The van der Waals surface area contributed by atoms with Crippen LogP contribution in [0.2, 0.25) is 0 Å². The van der Waals surface area contributed by atoms with Crippen molar-refractivity contribution in [2.75, 3.05) is 13.2 Å². The molecule has 1 saturated heterocycles. The Balaban J connectivity index is 1.49. The van der Waals surface area contributed by atoms with Crippen LogP contribution in [0, 0.1) is 29.6 Å². The van der Waals surface area contributed by atoms with Gasteiger partial charge in [-0.25, -0.2) is 0 Å². The molecule has 1 heterocycles. The van der Waals surface area contributed by atoms with Crippen molar-refractivity contribution >= 4 is 0 Å². The molecule has 128 valence electrons. The van der Waals surface area contributed by atoms with Gasteiger partial charge in [-0.3, -0.25) is 0 Å². The summed E-state index contributed by atoms with van der Waals surface area (Å²) in [5, 5.41) is 0. The zero-order valence-corrected chi connectivity index (χ0v) is 14.8. The van der Waals surface area contributed by atoms with Crippen molar-refractivity contribution in [3.8, 4) is 11.8 Å². The number of hydrogen-bond donors (Lipinski definition) is 0. The van der Waals surface area contributed by atoms with Gasteiger partial charge in [-0.05, 0) is 63.5 Å². The van der Waals surface area contributed by atoms with Crippen molar-refractivity contribution in [2.24, 2.45) is 17.8 Å². The van der Waals surface area contributed by atoms with Crippen LogP contribution in [0.25, 0.3) is 0 Å². The van der Waals surface area contributed by atoms with Gasteiger partial charge >= 0.3 is 0 Å². The first-order chi connectivity index (χ1) is 11.8. The lowest BCUT2D eigenvalue weighted by Crippen LogP contribution is -2.34. The van der Waals surface area contributed by atoms with E-state index >= 15 is 0 Å². The Labute approximate surface area is 146 Å². The first kappa shape index (κ1) is 17.3. The summed E-state index contributed by atoms with van der Waals surface area (Å²) in [6.07, 6.45) is 9.59. The summed E-state index contributed by atoms with van der Waals surface area (Å²) in [6.45, 7) is 5.62. The Morgan fingerprint density at radius 2 is 1.62 bits per heavy atom. The van der Waals surface area contributed by atoms with Crippen LogP contribution in [0.15, 0.2) is 36.4 Å². The molecule has 0 radical (unpaired) electrons. The van der Waals surface area contributed by atoms with E-state index in [1.807, 2.05) is 19.1 Å². The van der Waals surface area contributed by atoms with E-state index in [0.717, 1.165) is 36.2 Å². The van der Waals surface area contributed by atoms with Gasteiger partial charge in [-0.1, -0.05) is 30.2 Å². The molecule has 1 aliphatic heterocycles. The summed E-state index contributed by atoms with van der Waals surface area (Å²) < 4.78 is 12.1. The Morgan fingerprint density at radius 3 is 2.21 bits per heavy atom. The summed E-state index contributed by atoms with van der Waals surface area (Å²) in [4.78, 5) is 0. The highest BCUT2D eigenvalue weighted by molar-refractivity contribution is 5.36. The van der Waals surface area contributed by atoms with Crippen molar-refractivity contribution < 1.29 is 9.47 Å². The molecule has 0 atom stereocenters. The Bertz CT molecular complexity index is 589. The van der Waals surface area contributed by atoms with Crippen LogP contribution in [-0.4, -0.2) is 13.2 Å². The van der Waals surface area contributed by atoms with E-state index < -0.39 is 0 Å². The molecule has 1 aromatic rings. The molecule has 0 amide bonds. The zero-order valence-electron chi connectivity index (χ0n) is 14.8. The maximum Gasteiger partial charge on any atom is 0.183 e. The molecule has 1 aromatic carbocycles. The van der Waals surface area contributed by atoms with Crippen LogP contribution in [0.4, 0.5) is 0 Å². The lowest BCUT2D eigenvalue weighted by Gasteiger charge is -2.37. The van der Waals surface area contributed by atoms with Crippen LogP contribution in [0.3, 0.4) is 0 Å². The molecular formula is C22H28O2. The van der Waals surface area contributed by atoms with Gasteiger partial charge < -0.3 is 9.47 Å². The molecule has 0 aromatic heterocycles. The van der Waals surface area contributed by atoms with Crippen molar-refractivity contribution in [3.63, 3.8) is 0 Å². The highest BCUT2D eigenvalue weighted by atomic mass is 16.7. The lowest BCUT2D eigenvalue weighted by atomic mass is 9.76. The molecule has 24 heavy (non-hydrogen) atoms. The minimum absolute atomic E-state index is 0.218. The largest absolute Gasteiger partial charge is 0.348 e. The summed E-state index contributed by atoms with van der Waals surface area (Å²) in [7, 11) is 0. The number of allylic oxidation sites excluding steroid dienone is 2. The predicted octanol–water partition coefficient (Wildman–Crippen LogP) is 5.10. The van der Waals surface area contributed by atoms with Crippen LogP contribution in [0.1, 0.15) is 56.9 Å². The lowest BCUT2D eigenvalue weighted by molar-refractivity contribution is -0.214. The van der Waals surface area contributed by atoms with Gasteiger partial charge in [-0.2, -0.15) is 0 Å². The fraction of sp³-hybridized carbons (Fsp3) is 0.545. The molecule has 2 fully saturated rings. The highest BCUT2D eigenvalue weighted by Gasteiger charge is 2.31. The predicted molar refractivity (Wildman–Crippen MR) is 97.4 cm³/mol. The van der Waals surface area contributed by atoms with Gasteiger partial charge in [0.05, 0.1) is 13.2 Å². The van der Waals surface area contributed by atoms with E-state index in [1.54, 1.807) is 0 Å². The third-order valence-electron chi connectivity index (χ3n) is 5.32. The number of ether oxygens (including phenoxy) is 2. The third-order valence-corrected chi connectivity index (χ3v) is 5.32. The van der Waals surface area contributed by atoms with Crippen molar-refractivity contribution in [1.29, 1.82) is 0 Å². The van der Waals surface area contributed by atoms with Crippen molar-refractivity contribution in [3.05, 3.63) is 47.5 Å². The van der Waals surface area contributed by atoms with Gasteiger partial charge in [0, 0.05) is 17.0 Å². The second-order valence-corrected chi connectivity index (χ2v) is 6.96. The van der Waals surface area contributed by atoms with E-state index in [2.05, 4.69) is 43.0 Å². The normalized spacial score (nSPS) is 30.8. The van der Waals surface area contributed by atoms with Crippen LogP contribution in [-0.2, 0) is 9.47 Å². The Morgan fingerprint density at radius 1 is 0.958 bits per heavy atom. The standard InChI is InChI=1S/C22H28O2/c1-3-5-17-7-11-19(12-8-17)21-15-23-22(24-16-21)20-13-9-18(6-4-2)10-14-20/h3,5,9-10,13-14,17,19,21-22H,7-8,11-12,15-16H2,1-2H3/b5-3+. The SMILES string of the molecule is CC#Cc1ccc(C2OCC(C3CCC(/C=C/C)CC3)CO2)cc1. The fourth-order valence-electron chi connectivity index (χ4n) is 3.93. The number of benzene rings is 1. The maximum absolute atomic E-state index is 6.03. The maximum atomic E-state index is 6.03. The second-order valence-electron chi connectivity index (χ2n) is 6.96. The average Bonchev–Trinajstić information content (AvgIpc) is 2.64. The summed E-state index contributed by atoms with van der Waals surface area (Å²) in [5.41, 5.74) is 2.12. The Kier molecular flexibility index (Phi) is 6.12. The van der Waals surface area contributed by atoms with E-state index in [0.29, 0.717) is 5.92 Å². The molecule has 2 heteroatoms. The summed E-state index contributed by atoms with van der Waals surface area (Å²) in [5.74, 6) is 8.08. The first-order valence-electron chi connectivity index (χ1n) is 9.19. The minimum atomic E-state index is -0.218. The molecule has 0 bridgehead atoms. The molecular weight excluding hydrogens is 296 g/mol. The van der Waals surface area contributed by atoms with Crippen LogP contribution >= 0.6 is 0 Å². The van der Waals surface area contributed by atoms with Crippen molar-refractivity contribution in [1.82, 2.24) is 0 Å². The monoisotopic (exact) mass is 324 g/mol. The van der Waals surface area contributed by atoms with Gasteiger partial charge in [-0.15, -0.1) is 5.92 Å². The average molecular weight is 324 g/mol. The highest BCUT2D eigenvalue weighted by Crippen LogP contribution is 2.37. The van der Waals surface area contributed by atoms with Gasteiger partial charge in [0.1, 0.15) is 0 Å². The minimum Gasteiger partial charge on any atom is -0.348 e. The van der Waals surface area contributed by atoms with E-state index in [-0.39, 0.29) is 6.29 Å². The molecule has 1 saturated carbocycles. The van der Waals surface area contributed by atoms with Crippen LogP contribution in [0.5, 0.6) is 0 Å².